The van der Waals surface area contributed by atoms with Crippen LogP contribution in [0.15, 0.2) is 42.7 Å². The molecule has 0 radical (unpaired) electrons. The average molecular weight is 283 g/mol. The molecule has 1 amide bonds. The van der Waals surface area contributed by atoms with Crippen LogP contribution in [-0.4, -0.2) is 15.9 Å². The number of halogens is 1. The monoisotopic (exact) mass is 283 g/mol. The third-order valence-corrected chi connectivity index (χ3v) is 3.38. The Bertz CT molecular complexity index is 796. The molecule has 0 fully saturated rings. The van der Waals surface area contributed by atoms with Crippen molar-refractivity contribution in [2.24, 2.45) is 0 Å². The lowest BCUT2D eigenvalue weighted by molar-refractivity contribution is 0.0952. The van der Waals surface area contributed by atoms with E-state index in [0.717, 1.165) is 16.6 Å². The molecule has 2 N–H and O–H groups in total. The molecular formula is C16H14FN3O. The molecule has 0 unspecified atom stereocenters. The zero-order chi connectivity index (χ0) is 14.8. The Balaban J connectivity index is 1.86. The molecule has 0 bridgehead atoms. The van der Waals surface area contributed by atoms with Gasteiger partial charge in [0.05, 0.1) is 5.56 Å². The molecule has 4 nitrogen and oxygen atoms in total. The van der Waals surface area contributed by atoms with Gasteiger partial charge >= 0.3 is 0 Å². The zero-order valence-corrected chi connectivity index (χ0v) is 11.5. The minimum atomic E-state index is -0.326. The van der Waals surface area contributed by atoms with Crippen LogP contribution < -0.4 is 5.32 Å². The summed E-state index contributed by atoms with van der Waals surface area (Å²) >= 11 is 0. The van der Waals surface area contributed by atoms with Crippen LogP contribution >= 0.6 is 0 Å². The van der Waals surface area contributed by atoms with Gasteiger partial charge in [-0.25, -0.2) is 4.39 Å². The van der Waals surface area contributed by atoms with E-state index >= 15 is 0 Å². The summed E-state index contributed by atoms with van der Waals surface area (Å²) < 4.78 is 13.2. The first-order valence-electron chi connectivity index (χ1n) is 6.60. The van der Waals surface area contributed by atoms with Crippen molar-refractivity contribution in [3.05, 3.63) is 65.4 Å². The maximum Gasteiger partial charge on any atom is 0.253 e. The number of hydrogen-bond donors (Lipinski definition) is 2. The molecule has 2 aromatic heterocycles. The van der Waals surface area contributed by atoms with Crippen LogP contribution in [0.2, 0.25) is 0 Å². The van der Waals surface area contributed by atoms with E-state index in [-0.39, 0.29) is 11.7 Å². The average Bonchev–Trinajstić information content (AvgIpc) is 2.81. The molecule has 0 saturated heterocycles. The number of benzene rings is 1. The fourth-order valence-corrected chi connectivity index (χ4v) is 2.37. The van der Waals surface area contributed by atoms with Gasteiger partial charge in [0.2, 0.25) is 0 Å². The second-order valence-electron chi connectivity index (χ2n) is 4.85. The normalized spacial score (nSPS) is 10.8. The van der Waals surface area contributed by atoms with Crippen LogP contribution in [0.4, 0.5) is 4.39 Å². The summed E-state index contributed by atoms with van der Waals surface area (Å²) in [7, 11) is 0. The Hall–Kier alpha value is -2.69. The maximum atomic E-state index is 13.2. The van der Waals surface area contributed by atoms with Crippen LogP contribution in [0.25, 0.3) is 10.9 Å². The molecule has 0 aliphatic carbocycles. The van der Waals surface area contributed by atoms with Crippen molar-refractivity contribution < 1.29 is 9.18 Å². The van der Waals surface area contributed by atoms with Gasteiger partial charge in [-0.3, -0.25) is 9.78 Å². The number of pyridine rings is 1. The summed E-state index contributed by atoms with van der Waals surface area (Å²) in [4.78, 5) is 19.3. The summed E-state index contributed by atoms with van der Waals surface area (Å²) in [5.41, 5.74) is 2.88. The number of rotatable bonds is 3. The van der Waals surface area contributed by atoms with E-state index in [1.165, 1.54) is 12.1 Å². The van der Waals surface area contributed by atoms with Gasteiger partial charge in [0.25, 0.3) is 5.91 Å². The van der Waals surface area contributed by atoms with Gasteiger partial charge in [0.1, 0.15) is 5.82 Å². The maximum absolute atomic E-state index is 13.2. The lowest BCUT2D eigenvalue weighted by atomic mass is 10.1. The number of hydrogen-bond acceptors (Lipinski definition) is 2. The number of aromatic amines is 1. The molecule has 21 heavy (non-hydrogen) atoms. The van der Waals surface area contributed by atoms with E-state index in [2.05, 4.69) is 15.3 Å². The SMILES string of the molecule is Cc1[nH]c2cc(F)ccc2c1C(=O)NCc1ccncc1. The van der Waals surface area contributed by atoms with Crippen LogP contribution in [0.5, 0.6) is 0 Å². The fourth-order valence-electron chi connectivity index (χ4n) is 2.37. The van der Waals surface area contributed by atoms with Crippen molar-refractivity contribution in [1.29, 1.82) is 0 Å². The molecule has 0 aliphatic rings. The third kappa shape index (κ3) is 2.63. The first-order valence-corrected chi connectivity index (χ1v) is 6.60. The molecule has 1 aromatic carbocycles. The van der Waals surface area contributed by atoms with E-state index in [1.807, 2.05) is 12.1 Å². The number of amides is 1. The minimum absolute atomic E-state index is 0.179. The first-order chi connectivity index (χ1) is 10.1. The van der Waals surface area contributed by atoms with E-state index < -0.39 is 0 Å². The number of H-pyrrole nitrogens is 1. The van der Waals surface area contributed by atoms with Crippen molar-refractivity contribution in [3.8, 4) is 0 Å². The predicted molar refractivity (Wildman–Crippen MR) is 78.4 cm³/mol. The lowest BCUT2D eigenvalue weighted by Crippen LogP contribution is -2.23. The number of nitrogens with zero attached hydrogens (tertiary/aromatic N) is 1. The highest BCUT2D eigenvalue weighted by molar-refractivity contribution is 6.08. The highest BCUT2D eigenvalue weighted by atomic mass is 19.1. The summed E-state index contributed by atoms with van der Waals surface area (Å²) in [6.45, 7) is 2.23. The standard InChI is InChI=1S/C16H14FN3O/c1-10-15(13-3-2-12(17)8-14(13)20-10)16(21)19-9-11-4-6-18-7-5-11/h2-8,20H,9H2,1H3,(H,19,21). The second kappa shape index (κ2) is 5.36. The van der Waals surface area contributed by atoms with Crippen molar-refractivity contribution in [2.75, 3.05) is 0 Å². The number of aromatic nitrogens is 2. The number of nitrogens with one attached hydrogen (secondary N) is 2. The predicted octanol–water partition coefficient (Wildman–Crippen LogP) is 2.94. The van der Waals surface area contributed by atoms with Crippen LogP contribution in [0.1, 0.15) is 21.6 Å². The van der Waals surface area contributed by atoms with Gasteiger partial charge in [-0.05, 0) is 42.8 Å². The molecule has 0 spiro atoms. The Kier molecular flexibility index (Phi) is 3.39. The van der Waals surface area contributed by atoms with Gasteiger partial charge in [-0.2, -0.15) is 0 Å². The van der Waals surface area contributed by atoms with Gasteiger partial charge in [-0.1, -0.05) is 0 Å². The minimum Gasteiger partial charge on any atom is -0.358 e. The van der Waals surface area contributed by atoms with E-state index in [9.17, 15) is 9.18 Å². The molecule has 3 aromatic rings. The van der Waals surface area contributed by atoms with Crippen molar-refractivity contribution in [1.82, 2.24) is 15.3 Å². The number of carbonyl (C=O) groups excluding carboxylic acids is 1. The molecule has 5 heteroatoms. The van der Waals surface area contributed by atoms with Crippen LogP contribution in [-0.2, 0) is 6.54 Å². The molecule has 2 heterocycles. The van der Waals surface area contributed by atoms with E-state index in [4.69, 9.17) is 0 Å². The quantitative estimate of drug-likeness (QED) is 0.776. The summed E-state index contributed by atoms with van der Waals surface area (Å²) in [5.74, 6) is -0.505. The third-order valence-electron chi connectivity index (χ3n) is 3.38. The Morgan fingerprint density at radius 1 is 1.29 bits per heavy atom. The molecule has 106 valence electrons. The van der Waals surface area contributed by atoms with Crippen molar-refractivity contribution in [3.63, 3.8) is 0 Å². The van der Waals surface area contributed by atoms with Crippen molar-refractivity contribution >= 4 is 16.8 Å². The number of aryl methyl sites for hydroxylation is 1. The highest BCUT2D eigenvalue weighted by Crippen LogP contribution is 2.22. The smallest absolute Gasteiger partial charge is 0.253 e. The van der Waals surface area contributed by atoms with Gasteiger partial charge in [0, 0.05) is 35.5 Å². The van der Waals surface area contributed by atoms with Gasteiger partial charge in [0.15, 0.2) is 0 Å². The molecule has 3 rings (SSSR count). The number of fused-ring (bicyclic) bond motifs is 1. The molecule has 0 atom stereocenters. The molecule has 0 saturated carbocycles. The highest BCUT2D eigenvalue weighted by Gasteiger charge is 2.16. The van der Waals surface area contributed by atoms with Crippen molar-refractivity contribution in [2.45, 2.75) is 13.5 Å². The Morgan fingerprint density at radius 2 is 2.05 bits per heavy atom. The van der Waals surface area contributed by atoms with Gasteiger partial charge < -0.3 is 10.3 Å². The Morgan fingerprint density at radius 3 is 2.81 bits per heavy atom. The first kappa shape index (κ1) is 13.3. The van der Waals surface area contributed by atoms with Crippen LogP contribution in [0, 0.1) is 12.7 Å². The van der Waals surface area contributed by atoms with E-state index in [0.29, 0.717) is 17.6 Å². The molecule has 0 aliphatic heterocycles. The topological polar surface area (TPSA) is 57.8 Å². The van der Waals surface area contributed by atoms with Gasteiger partial charge in [-0.15, -0.1) is 0 Å². The van der Waals surface area contributed by atoms with Crippen LogP contribution in [0.3, 0.4) is 0 Å². The summed E-state index contributed by atoms with van der Waals surface area (Å²) in [5, 5.41) is 3.59. The Labute approximate surface area is 121 Å². The second-order valence-corrected chi connectivity index (χ2v) is 4.85. The molecular weight excluding hydrogens is 269 g/mol. The summed E-state index contributed by atoms with van der Waals surface area (Å²) in [6.07, 6.45) is 3.36. The fraction of sp³-hybridized carbons (Fsp3) is 0.125. The summed E-state index contributed by atoms with van der Waals surface area (Å²) in [6, 6.07) is 8.06. The largest absolute Gasteiger partial charge is 0.358 e. The van der Waals surface area contributed by atoms with E-state index in [1.54, 1.807) is 25.4 Å². The lowest BCUT2D eigenvalue weighted by Gasteiger charge is -2.05. The zero-order valence-electron chi connectivity index (χ0n) is 11.5. The number of carbonyl (C=O) groups is 1.